The van der Waals surface area contributed by atoms with Gasteiger partial charge in [0.05, 0.1) is 17.7 Å². The second-order valence-electron chi connectivity index (χ2n) is 6.41. The number of hydrogen-bond acceptors (Lipinski definition) is 5. The van der Waals surface area contributed by atoms with E-state index in [9.17, 15) is 22.8 Å². The topological polar surface area (TPSA) is 102 Å². The summed E-state index contributed by atoms with van der Waals surface area (Å²) < 4.78 is 44.6. The number of pyridine rings is 1. The number of alkyl halides is 3. The van der Waals surface area contributed by atoms with Gasteiger partial charge in [-0.25, -0.2) is 10.3 Å². The first kappa shape index (κ1) is 23.8. The Hall–Kier alpha value is -3.83. The largest absolute Gasteiger partial charge is 0.457 e. The number of amides is 3. The van der Waals surface area contributed by atoms with Gasteiger partial charge in [-0.1, -0.05) is 17.7 Å². The summed E-state index contributed by atoms with van der Waals surface area (Å²) >= 11 is 5.58. The van der Waals surface area contributed by atoms with Gasteiger partial charge in [0, 0.05) is 29.7 Å². The molecule has 3 N–H and O–H groups in total. The van der Waals surface area contributed by atoms with E-state index in [2.05, 4.69) is 25.9 Å². The van der Waals surface area contributed by atoms with Gasteiger partial charge in [-0.15, -0.1) is 0 Å². The first-order chi connectivity index (χ1) is 15.7. The van der Waals surface area contributed by atoms with Crippen molar-refractivity contribution in [1.82, 2.24) is 10.5 Å². The van der Waals surface area contributed by atoms with Gasteiger partial charge in [0.2, 0.25) is 0 Å². The Labute approximate surface area is 190 Å². The number of urea groups is 1. The Bertz CT molecular complexity index is 1170. The summed E-state index contributed by atoms with van der Waals surface area (Å²) in [6.07, 6.45) is -3.29. The fraction of sp³-hybridized carbons (Fsp3) is 0.0952. The zero-order valence-electron chi connectivity index (χ0n) is 16.9. The van der Waals surface area contributed by atoms with Crippen molar-refractivity contribution in [2.75, 3.05) is 17.7 Å². The summed E-state index contributed by atoms with van der Waals surface area (Å²) in [5.41, 5.74) is 1.35. The minimum atomic E-state index is -4.66. The smallest absolute Gasteiger partial charge is 0.417 e. The Morgan fingerprint density at radius 3 is 2.36 bits per heavy atom. The molecule has 0 spiro atoms. The predicted molar refractivity (Wildman–Crippen MR) is 114 cm³/mol. The van der Waals surface area contributed by atoms with Crippen LogP contribution in [0.25, 0.3) is 0 Å². The Kier molecular flexibility index (Phi) is 7.36. The summed E-state index contributed by atoms with van der Waals surface area (Å²) in [6, 6.07) is 11.4. The number of carbonyl (C=O) groups is 2. The minimum Gasteiger partial charge on any atom is -0.457 e. The molecular weight excluding hydrogens is 465 g/mol. The predicted octanol–water partition coefficient (Wildman–Crippen LogP) is 5.48. The molecule has 0 radical (unpaired) electrons. The zero-order valence-corrected chi connectivity index (χ0v) is 17.6. The number of halogens is 4. The second kappa shape index (κ2) is 10.2. The lowest BCUT2D eigenvalue weighted by atomic mass is 10.2. The van der Waals surface area contributed by atoms with Crippen LogP contribution < -0.4 is 20.9 Å². The Morgan fingerprint density at radius 1 is 0.970 bits per heavy atom. The van der Waals surface area contributed by atoms with Crippen LogP contribution in [0, 0.1) is 0 Å². The normalized spacial score (nSPS) is 10.9. The first-order valence-electron chi connectivity index (χ1n) is 9.18. The molecule has 0 fully saturated rings. The summed E-state index contributed by atoms with van der Waals surface area (Å²) in [5, 5.41) is 4.34. The van der Waals surface area contributed by atoms with E-state index in [1.165, 1.54) is 37.6 Å². The third-order valence-corrected chi connectivity index (χ3v) is 4.35. The van der Waals surface area contributed by atoms with Crippen LogP contribution in [-0.4, -0.2) is 24.0 Å². The van der Waals surface area contributed by atoms with E-state index >= 15 is 0 Å². The van der Waals surface area contributed by atoms with Crippen molar-refractivity contribution in [3.8, 4) is 11.5 Å². The second-order valence-corrected chi connectivity index (χ2v) is 6.82. The van der Waals surface area contributed by atoms with Crippen LogP contribution in [0.5, 0.6) is 11.5 Å². The molecule has 2 aromatic carbocycles. The molecule has 0 saturated heterocycles. The van der Waals surface area contributed by atoms with Crippen LogP contribution >= 0.6 is 11.6 Å². The lowest BCUT2D eigenvalue weighted by Gasteiger charge is -2.13. The fourth-order valence-electron chi connectivity index (χ4n) is 2.63. The summed E-state index contributed by atoms with van der Waals surface area (Å²) in [5.74, 6) is 0.0579. The molecule has 0 aliphatic carbocycles. The van der Waals surface area contributed by atoms with Crippen molar-refractivity contribution in [1.29, 1.82) is 0 Å². The van der Waals surface area contributed by atoms with Gasteiger partial charge in [0.1, 0.15) is 17.2 Å². The van der Waals surface area contributed by atoms with Gasteiger partial charge in [-0.2, -0.15) is 13.2 Å². The van der Waals surface area contributed by atoms with Gasteiger partial charge < -0.3 is 15.4 Å². The summed E-state index contributed by atoms with van der Waals surface area (Å²) in [7, 11) is 1.29. The fourth-order valence-corrected chi connectivity index (χ4v) is 2.86. The molecule has 0 atom stereocenters. The van der Waals surface area contributed by atoms with Gasteiger partial charge in [-0.3, -0.25) is 14.6 Å². The number of hydroxylamine groups is 1. The van der Waals surface area contributed by atoms with Crippen molar-refractivity contribution in [2.45, 2.75) is 6.18 Å². The van der Waals surface area contributed by atoms with Crippen molar-refractivity contribution >= 4 is 34.9 Å². The van der Waals surface area contributed by atoms with Crippen LogP contribution in [0.1, 0.15) is 16.1 Å². The average molecular weight is 481 g/mol. The van der Waals surface area contributed by atoms with Crippen LogP contribution in [0.3, 0.4) is 0 Å². The number of rotatable bonds is 6. The van der Waals surface area contributed by atoms with Crippen molar-refractivity contribution in [3.63, 3.8) is 0 Å². The molecule has 0 aliphatic heterocycles. The van der Waals surface area contributed by atoms with Crippen LogP contribution in [0.15, 0.2) is 60.8 Å². The molecule has 0 saturated carbocycles. The van der Waals surface area contributed by atoms with Crippen molar-refractivity contribution in [2.24, 2.45) is 0 Å². The molecule has 3 rings (SSSR count). The Morgan fingerprint density at radius 2 is 1.67 bits per heavy atom. The zero-order chi connectivity index (χ0) is 24.0. The lowest BCUT2D eigenvalue weighted by Crippen LogP contribution is -2.22. The monoisotopic (exact) mass is 480 g/mol. The molecule has 0 aliphatic rings. The average Bonchev–Trinajstić information content (AvgIpc) is 2.75. The van der Waals surface area contributed by atoms with Crippen LogP contribution in [0.4, 0.5) is 29.3 Å². The number of nitrogens with zero attached hydrogens (tertiary/aromatic N) is 1. The molecule has 172 valence electrons. The molecule has 1 aromatic heterocycles. The van der Waals surface area contributed by atoms with E-state index in [1.807, 2.05) is 0 Å². The van der Waals surface area contributed by atoms with Crippen molar-refractivity contribution < 1.29 is 32.3 Å². The van der Waals surface area contributed by atoms with E-state index in [0.717, 1.165) is 12.1 Å². The lowest BCUT2D eigenvalue weighted by molar-refractivity contribution is -0.137. The highest BCUT2D eigenvalue weighted by molar-refractivity contribution is 6.31. The molecular formula is C21H16ClF3N4O4. The van der Waals surface area contributed by atoms with E-state index in [-0.39, 0.29) is 11.4 Å². The minimum absolute atomic E-state index is 0.0594. The third-order valence-electron chi connectivity index (χ3n) is 4.02. The highest BCUT2D eigenvalue weighted by Gasteiger charge is 2.33. The molecule has 0 unspecified atom stereocenters. The van der Waals surface area contributed by atoms with Crippen LogP contribution in [0.2, 0.25) is 5.02 Å². The van der Waals surface area contributed by atoms with Gasteiger partial charge >= 0.3 is 12.2 Å². The first-order valence-corrected chi connectivity index (χ1v) is 9.55. The maximum Gasteiger partial charge on any atom is 0.417 e. The maximum atomic E-state index is 13.0. The highest BCUT2D eigenvalue weighted by atomic mass is 35.5. The highest BCUT2D eigenvalue weighted by Crippen LogP contribution is 2.36. The van der Waals surface area contributed by atoms with E-state index in [4.69, 9.17) is 16.3 Å². The molecule has 3 amide bonds. The number of carbonyl (C=O) groups excluding carboxylic acids is 2. The molecule has 3 aromatic rings. The van der Waals surface area contributed by atoms with Crippen LogP contribution in [-0.2, 0) is 11.0 Å². The number of ether oxygens (including phenoxy) is 1. The SMILES string of the molecule is CONC(=O)c1cc(Oc2cccc(NC(=O)Nc3ccc(Cl)c(C(F)(F)F)c3)c2)ccn1. The number of benzene rings is 2. The standard InChI is InChI=1S/C21H16ClF3N4O4/c1-32-29-19(30)18-11-15(7-8-26-18)33-14-4-2-3-12(9-14)27-20(31)28-13-5-6-17(22)16(10-13)21(23,24)25/h2-11H,1H3,(H,29,30)(H2,27,28,31). The number of aromatic nitrogens is 1. The summed E-state index contributed by atoms with van der Waals surface area (Å²) in [4.78, 5) is 32.5. The molecule has 1 heterocycles. The molecule has 12 heteroatoms. The molecule has 33 heavy (non-hydrogen) atoms. The quantitative estimate of drug-likeness (QED) is 0.405. The van der Waals surface area contributed by atoms with E-state index in [1.54, 1.807) is 18.2 Å². The van der Waals surface area contributed by atoms with Gasteiger partial charge in [0.25, 0.3) is 5.91 Å². The third kappa shape index (κ3) is 6.57. The summed E-state index contributed by atoms with van der Waals surface area (Å²) in [6.45, 7) is 0. The number of anilines is 2. The van der Waals surface area contributed by atoms with Crippen molar-refractivity contribution in [3.05, 3.63) is 77.1 Å². The Balaban J connectivity index is 1.68. The number of nitrogens with one attached hydrogen (secondary N) is 3. The maximum absolute atomic E-state index is 13.0. The molecule has 0 bridgehead atoms. The van der Waals surface area contributed by atoms with E-state index < -0.39 is 28.7 Å². The van der Waals surface area contributed by atoms with Gasteiger partial charge in [-0.05, 0) is 36.4 Å². The van der Waals surface area contributed by atoms with E-state index in [0.29, 0.717) is 17.2 Å². The molecule has 8 nitrogen and oxygen atoms in total. The van der Waals surface area contributed by atoms with Gasteiger partial charge in [0.15, 0.2) is 0 Å². The number of hydrogen-bond donors (Lipinski definition) is 3.